The number of pyridine rings is 1. The molecule has 0 aromatic carbocycles. The van der Waals surface area contributed by atoms with Gasteiger partial charge in [0.15, 0.2) is 0 Å². The first-order chi connectivity index (χ1) is 9.61. The Balaban J connectivity index is 2.16. The summed E-state index contributed by atoms with van der Waals surface area (Å²) >= 11 is 7.04. The summed E-state index contributed by atoms with van der Waals surface area (Å²) in [7, 11) is 0. The predicted molar refractivity (Wildman–Crippen MR) is 77.5 cm³/mol. The molecular weight excluding hydrogens is 300 g/mol. The number of thiophene rings is 1. The lowest BCUT2D eigenvalue weighted by atomic mass is 10.3. The van der Waals surface area contributed by atoms with Crippen molar-refractivity contribution in [3.63, 3.8) is 0 Å². The fraction of sp³-hybridized carbons (Fsp3) is 0.154. The van der Waals surface area contributed by atoms with Crippen LogP contribution in [0.5, 0.6) is 0 Å². The van der Waals surface area contributed by atoms with Gasteiger partial charge in [0.05, 0.1) is 12.2 Å². The second kappa shape index (κ2) is 6.49. The molecule has 5 nitrogen and oxygen atoms in total. The third-order valence-electron chi connectivity index (χ3n) is 2.34. The van der Waals surface area contributed by atoms with Gasteiger partial charge in [-0.2, -0.15) is 0 Å². The van der Waals surface area contributed by atoms with Gasteiger partial charge in [0.2, 0.25) is 0 Å². The lowest BCUT2D eigenvalue weighted by molar-refractivity contribution is 0.0528. The molecule has 0 aliphatic carbocycles. The van der Waals surface area contributed by atoms with Crippen LogP contribution in [-0.2, 0) is 4.74 Å². The molecule has 2 heterocycles. The number of hydrogen-bond donors (Lipinski definition) is 1. The Morgan fingerprint density at radius 1 is 1.45 bits per heavy atom. The first kappa shape index (κ1) is 14.5. The molecule has 0 bridgehead atoms. The lowest BCUT2D eigenvalue weighted by Crippen LogP contribution is -2.15. The van der Waals surface area contributed by atoms with E-state index in [1.54, 1.807) is 24.4 Å². The molecule has 0 saturated heterocycles. The van der Waals surface area contributed by atoms with Crippen LogP contribution in [0, 0.1) is 0 Å². The zero-order valence-corrected chi connectivity index (χ0v) is 12.1. The van der Waals surface area contributed by atoms with E-state index in [4.69, 9.17) is 16.3 Å². The quantitative estimate of drug-likeness (QED) is 0.880. The highest BCUT2D eigenvalue weighted by atomic mass is 35.5. The number of hydrogen-bond acceptors (Lipinski definition) is 5. The Bertz CT molecular complexity index is 642. The average Bonchev–Trinajstić information content (AvgIpc) is 2.87. The molecule has 2 rings (SSSR count). The lowest BCUT2D eigenvalue weighted by Gasteiger charge is -2.05. The molecule has 0 aliphatic rings. The second-order valence-electron chi connectivity index (χ2n) is 3.70. The van der Waals surface area contributed by atoms with Crippen molar-refractivity contribution in [1.82, 2.24) is 4.98 Å². The second-order valence-corrected chi connectivity index (χ2v) is 5.05. The van der Waals surface area contributed by atoms with Crippen LogP contribution < -0.4 is 5.32 Å². The van der Waals surface area contributed by atoms with E-state index in [0.29, 0.717) is 15.6 Å². The van der Waals surface area contributed by atoms with Crippen LogP contribution in [0.4, 0.5) is 5.00 Å². The number of halogens is 1. The maximum atomic E-state index is 12.0. The van der Waals surface area contributed by atoms with Gasteiger partial charge in [-0.25, -0.2) is 4.79 Å². The molecule has 0 radical (unpaired) electrons. The topological polar surface area (TPSA) is 68.3 Å². The molecule has 2 aromatic heterocycles. The molecule has 0 fully saturated rings. The van der Waals surface area contributed by atoms with Gasteiger partial charge < -0.3 is 10.1 Å². The number of nitrogens with zero attached hydrogens (tertiary/aromatic N) is 1. The minimum absolute atomic E-state index is 0.181. The Hall–Kier alpha value is -1.92. The van der Waals surface area contributed by atoms with Crippen molar-refractivity contribution in [2.24, 2.45) is 0 Å². The number of aromatic nitrogens is 1. The number of carbonyl (C=O) groups is 2. The van der Waals surface area contributed by atoms with Crippen LogP contribution in [0.2, 0.25) is 5.02 Å². The number of ether oxygens (including phenoxy) is 1. The van der Waals surface area contributed by atoms with Crippen molar-refractivity contribution in [1.29, 1.82) is 0 Å². The first-order valence-corrected chi connectivity index (χ1v) is 7.05. The zero-order valence-electron chi connectivity index (χ0n) is 10.6. The average molecular weight is 311 g/mol. The van der Waals surface area contributed by atoms with Crippen molar-refractivity contribution in [3.8, 4) is 0 Å². The van der Waals surface area contributed by atoms with Gasteiger partial charge in [-0.1, -0.05) is 11.6 Å². The predicted octanol–water partition coefficient (Wildman–Crippen LogP) is 3.23. The minimum atomic E-state index is -0.469. The molecule has 20 heavy (non-hydrogen) atoms. The van der Waals surface area contributed by atoms with Crippen molar-refractivity contribution in [2.75, 3.05) is 11.9 Å². The monoisotopic (exact) mass is 310 g/mol. The zero-order chi connectivity index (χ0) is 14.5. The van der Waals surface area contributed by atoms with Gasteiger partial charge in [0.1, 0.15) is 10.7 Å². The highest BCUT2D eigenvalue weighted by Gasteiger charge is 2.17. The standard InChI is InChI=1S/C13H11ClN2O3S/c1-2-19-13(18)9-4-6-20-12(9)16-11(17)10-7-8(14)3-5-15-10/h3-7H,2H2,1H3,(H,16,17). The van der Waals surface area contributed by atoms with Crippen molar-refractivity contribution >= 4 is 39.8 Å². The van der Waals surface area contributed by atoms with E-state index in [-0.39, 0.29) is 12.3 Å². The third kappa shape index (κ3) is 3.34. The molecule has 7 heteroatoms. The Labute approximate surface area is 124 Å². The molecule has 1 N–H and O–H groups in total. The fourth-order valence-corrected chi connectivity index (χ4v) is 2.40. The smallest absolute Gasteiger partial charge is 0.341 e. The van der Waals surface area contributed by atoms with E-state index in [2.05, 4.69) is 10.3 Å². The fourth-order valence-electron chi connectivity index (χ4n) is 1.47. The number of rotatable bonds is 4. The summed E-state index contributed by atoms with van der Waals surface area (Å²) in [4.78, 5) is 27.6. The van der Waals surface area contributed by atoms with Crippen LogP contribution in [0.15, 0.2) is 29.8 Å². The SMILES string of the molecule is CCOC(=O)c1ccsc1NC(=O)c1cc(Cl)ccn1. The largest absolute Gasteiger partial charge is 0.462 e. The van der Waals surface area contributed by atoms with E-state index < -0.39 is 11.9 Å². The van der Waals surface area contributed by atoms with Crippen LogP contribution in [0.25, 0.3) is 0 Å². The van der Waals surface area contributed by atoms with Crippen LogP contribution >= 0.6 is 22.9 Å². The van der Waals surface area contributed by atoms with E-state index in [1.807, 2.05) is 0 Å². The summed E-state index contributed by atoms with van der Waals surface area (Å²) in [6, 6.07) is 4.63. The van der Waals surface area contributed by atoms with Crippen molar-refractivity contribution < 1.29 is 14.3 Å². The molecule has 0 aliphatic heterocycles. The van der Waals surface area contributed by atoms with Crippen LogP contribution in [-0.4, -0.2) is 23.5 Å². The summed E-state index contributed by atoms with van der Waals surface area (Å²) in [6.07, 6.45) is 1.44. The molecule has 1 amide bonds. The molecule has 0 unspecified atom stereocenters. The number of amides is 1. The van der Waals surface area contributed by atoms with Gasteiger partial charge in [-0.15, -0.1) is 11.3 Å². The molecule has 0 saturated carbocycles. The van der Waals surface area contributed by atoms with Gasteiger partial charge in [-0.05, 0) is 30.5 Å². The normalized spacial score (nSPS) is 10.1. The summed E-state index contributed by atoms with van der Waals surface area (Å²) in [6.45, 7) is 2.00. The Morgan fingerprint density at radius 2 is 2.25 bits per heavy atom. The van der Waals surface area contributed by atoms with E-state index >= 15 is 0 Å². The molecular formula is C13H11ClN2O3S. The summed E-state index contributed by atoms with van der Waals surface area (Å²) < 4.78 is 4.91. The molecule has 2 aromatic rings. The van der Waals surface area contributed by atoms with E-state index in [0.717, 1.165) is 0 Å². The first-order valence-electron chi connectivity index (χ1n) is 5.79. The number of esters is 1. The van der Waals surface area contributed by atoms with Gasteiger partial charge in [0, 0.05) is 11.2 Å². The number of nitrogens with one attached hydrogen (secondary N) is 1. The number of anilines is 1. The van der Waals surface area contributed by atoms with Crippen molar-refractivity contribution in [3.05, 3.63) is 46.1 Å². The Morgan fingerprint density at radius 3 is 2.95 bits per heavy atom. The highest BCUT2D eigenvalue weighted by Crippen LogP contribution is 2.24. The van der Waals surface area contributed by atoms with Crippen LogP contribution in [0.3, 0.4) is 0 Å². The molecule has 0 atom stereocenters. The Kier molecular flexibility index (Phi) is 4.70. The van der Waals surface area contributed by atoms with Crippen LogP contribution in [0.1, 0.15) is 27.8 Å². The summed E-state index contributed by atoms with van der Waals surface area (Å²) in [5.41, 5.74) is 0.507. The summed E-state index contributed by atoms with van der Waals surface area (Å²) in [5, 5.41) is 5.18. The maximum Gasteiger partial charge on any atom is 0.341 e. The molecule has 104 valence electrons. The summed E-state index contributed by atoms with van der Waals surface area (Å²) in [5.74, 6) is -0.899. The minimum Gasteiger partial charge on any atom is -0.462 e. The van der Waals surface area contributed by atoms with E-state index in [9.17, 15) is 9.59 Å². The van der Waals surface area contributed by atoms with Crippen molar-refractivity contribution in [2.45, 2.75) is 6.92 Å². The number of carbonyl (C=O) groups excluding carboxylic acids is 2. The molecule has 0 spiro atoms. The van der Waals surface area contributed by atoms with Gasteiger partial charge in [-0.3, -0.25) is 9.78 Å². The van der Waals surface area contributed by atoms with Gasteiger partial charge in [0.25, 0.3) is 5.91 Å². The maximum absolute atomic E-state index is 12.0. The van der Waals surface area contributed by atoms with E-state index in [1.165, 1.54) is 23.6 Å². The third-order valence-corrected chi connectivity index (χ3v) is 3.41. The van der Waals surface area contributed by atoms with Gasteiger partial charge >= 0.3 is 5.97 Å². The highest BCUT2D eigenvalue weighted by molar-refractivity contribution is 7.14.